The summed E-state index contributed by atoms with van der Waals surface area (Å²) in [5.41, 5.74) is 8.66. The third kappa shape index (κ3) is 3.58. The standard InChI is InChI=1S/C14H18BrN3O/c1-19-7-3-2-6-17-13-5-4-12(16)11-8-10(15)9-18-14(11)13/h4-5,8-9,17H,2-3,6-7,16H2,1H3. The number of methoxy groups -OCH3 is 1. The normalized spacial score (nSPS) is 10.8. The monoisotopic (exact) mass is 323 g/mol. The van der Waals surface area contributed by atoms with Gasteiger partial charge in [0.05, 0.1) is 11.2 Å². The van der Waals surface area contributed by atoms with Gasteiger partial charge in [0, 0.05) is 42.0 Å². The summed E-state index contributed by atoms with van der Waals surface area (Å²) in [4.78, 5) is 4.44. The van der Waals surface area contributed by atoms with Gasteiger partial charge in [-0.1, -0.05) is 0 Å². The Morgan fingerprint density at radius 1 is 1.37 bits per heavy atom. The fourth-order valence-electron chi connectivity index (χ4n) is 1.95. The van der Waals surface area contributed by atoms with Gasteiger partial charge in [0.15, 0.2) is 0 Å². The predicted molar refractivity (Wildman–Crippen MR) is 83.5 cm³/mol. The van der Waals surface area contributed by atoms with E-state index >= 15 is 0 Å². The summed E-state index contributed by atoms with van der Waals surface area (Å²) in [7, 11) is 1.72. The number of fused-ring (bicyclic) bond motifs is 1. The molecule has 0 amide bonds. The predicted octanol–water partition coefficient (Wildman–Crippen LogP) is 3.42. The van der Waals surface area contributed by atoms with Gasteiger partial charge in [0.25, 0.3) is 0 Å². The average Bonchev–Trinajstić information content (AvgIpc) is 2.41. The second kappa shape index (κ2) is 6.73. The molecule has 0 saturated heterocycles. The first-order chi connectivity index (χ1) is 9.22. The van der Waals surface area contributed by atoms with E-state index in [1.165, 1.54) is 0 Å². The number of hydrogen-bond acceptors (Lipinski definition) is 4. The zero-order valence-electron chi connectivity index (χ0n) is 10.9. The Kier molecular flexibility index (Phi) is 4.99. The zero-order chi connectivity index (χ0) is 13.7. The number of aromatic nitrogens is 1. The first-order valence-corrected chi connectivity index (χ1v) is 7.08. The molecule has 0 fully saturated rings. The maximum absolute atomic E-state index is 5.98. The van der Waals surface area contributed by atoms with Crippen molar-refractivity contribution in [2.75, 3.05) is 31.3 Å². The molecule has 1 heterocycles. The Bertz CT molecular complexity index is 560. The third-order valence-corrected chi connectivity index (χ3v) is 3.37. The topological polar surface area (TPSA) is 60.2 Å². The summed E-state index contributed by atoms with van der Waals surface area (Å²) in [5.74, 6) is 0. The molecule has 19 heavy (non-hydrogen) atoms. The largest absolute Gasteiger partial charge is 0.398 e. The third-order valence-electron chi connectivity index (χ3n) is 2.94. The first kappa shape index (κ1) is 14.1. The van der Waals surface area contributed by atoms with Gasteiger partial charge in [-0.25, -0.2) is 0 Å². The van der Waals surface area contributed by atoms with Gasteiger partial charge in [-0.3, -0.25) is 4.98 Å². The molecular formula is C14H18BrN3O. The lowest BCUT2D eigenvalue weighted by atomic mass is 10.1. The number of nitrogen functional groups attached to an aromatic ring is 1. The van der Waals surface area contributed by atoms with Crippen LogP contribution in [-0.4, -0.2) is 25.2 Å². The Labute approximate surface area is 121 Å². The Balaban J connectivity index is 2.13. The summed E-state index contributed by atoms with van der Waals surface area (Å²) < 4.78 is 5.97. The summed E-state index contributed by atoms with van der Waals surface area (Å²) in [6.45, 7) is 1.70. The fraction of sp³-hybridized carbons (Fsp3) is 0.357. The molecule has 0 radical (unpaired) electrons. The molecule has 1 aromatic carbocycles. The van der Waals surface area contributed by atoms with Crippen LogP contribution in [0.5, 0.6) is 0 Å². The summed E-state index contributed by atoms with van der Waals surface area (Å²) in [6.07, 6.45) is 3.91. The van der Waals surface area contributed by atoms with Crippen molar-refractivity contribution < 1.29 is 4.74 Å². The molecule has 2 aromatic rings. The van der Waals surface area contributed by atoms with E-state index in [0.29, 0.717) is 0 Å². The number of nitrogens with one attached hydrogen (secondary N) is 1. The molecule has 0 spiro atoms. The molecule has 1 aromatic heterocycles. The average molecular weight is 324 g/mol. The number of ether oxygens (including phenoxy) is 1. The van der Waals surface area contributed by atoms with Crippen molar-refractivity contribution in [3.63, 3.8) is 0 Å². The van der Waals surface area contributed by atoms with E-state index in [-0.39, 0.29) is 0 Å². The summed E-state index contributed by atoms with van der Waals surface area (Å²) >= 11 is 3.42. The molecule has 0 unspecified atom stereocenters. The molecule has 0 aliphatic rings. The molecule has 4 nitrogen and oxygen atoms in total. The van der Waals surface area contributed by atoms with Crippen molar-refractivity contribution in [1.29, 1.82) is 0 Å². The number of nitrogens with two attached hydrogens (primary N) is 1. The lowest BCUT2D eigenvalue weighted by molar-refractivity contribution is 0.194. The minimum absolute atomic E-state index is 0.744. The Morgan fingerprint density at radius 3 is 3.00 bits per heavy atom. The van der Waals surface area contributed by atoms with Crippen molar-refractivity contribution in [3.05, 3.63) is 28.9 Å². The van der Waals surface area contributed by atoms with Crippen LogP contribution >= 0.6 is 15.9 Å². The van der Waals surface area contributed by atoms with Crippen LogP contribution in [0.1, 0.15) is 12.8 Å². The van der Waals surface area contributed by atoms with Crippen molar-refractivity contribution in [3.8, 4) is 0 Å². The van der Waals surface area contributed by atoms with Crippen molar-refractivity contribution in [2.45, 2.75) is 12.8 Å². The van der Waals surface area contributed by atoms with Gasteiger partial charge in [-0.2, -0.15) is 0 Å². The SMILES string of the molecule is COCCCCNc1ccc(N)c2cc(Br)cnc12. The van der Waals surface area contributed by atoms with E-state index in [0.717, 1.165) is 52.7 Å². The van der Waals surface area contributed by atoms with E-state index in [1.54, 1.807) is 13.3 Å². The number of benzene rings is 1. The molecule has 0 saturated carbocycles. The first-order valence-electron chi connectivity index (χ1n) is 6.29. The molecule has 2 rings (SSSR count). The van der Waals surface area contributed by atoms with E-state index in [2.05, 4.69) is 26.2 Å². The van der Waals surface area contributed by atoms with Crippen LogP contribution in [0.4, 0.5) is 11.4 Å². The second-order valence-electron chi connectivity index (χ2n) is 4.38. The van der Waals surface area contributed by atoms with Gasteiger partial charge in [-0.05, 0) is 47.0 Å². The summed E-state index contributed by atoms with van der Waals surface area (Å²) in [6, 6.07) is 5.89. The van der Waals surface area contributed by atoms with E-state index < -0.39 is 0 Å². The van der Waals surface area contributed by atoms with Crippen LogP contribution < -0.4 is 11.1 Å². The van der Waals surface area contributed by atoms with Crippen molar-refractivity contribution in [2.24, 2.45) is 0 Å². The van der Waals surface area contributed by atoms with E-state index in [1.807, 2.05) is 18.2 Å². The van der Waals surface area contributed by atoms with Crippen LogP contribution in [-0.2, 0) is 4.74 Å². The molecule has 3 N–H and O–H groups in total. The lowest BCUT2D eigenvalue weighted by Gasteiger charge is -2.10. The lowest BCUT2D eigenvalue weighted by Crippen LogP contribution is -2.04. The van der Waals surface area contributed by atoms with E-state index in [9.17, 15) is 0 Å². The fourth-order valence-corrected chi connectivity index (χ4v) is 2.28. The van der Waals surface area contributed by atoms with Gasteiger partial charge in [0.2, 0.25) is 0 Å². The van der Waals surface area contributed by atoms with Crippen LogP contribution in [0, 0.1) is 0 Å². The highest BCUT2D eigenvalue weighted by Gasteiger charge is 2.05. The number of pyridine rings is 1. The minimum Gasteiger partial charge on any atom is -0.398 e. The number of anilines is 2. The van der Waals surface area contributed by atoms with Crippen LogP contribution in [0.3, 0.4) is 0 Å². The van der Waals surface area contributed by atoms with Crippen molar-refractivity contribution in [1.82, 2.24) is 4.98 Å². The molecule has 0 aliphatic carbocycles. The molecule has 0 aliphatic heterocycles. The van der Waals surface area contributed by atoms with Crippen LogP contribution in [0.2, 0.25) is 0 Å². The molecule has 5 heteroatoms. The second-order valence-corrected chi connectivity index (χ2v) is 5.29. The van der Waals surface area contributed by atoms with Gasteiger partial charge in [0.1, 0.15) is 0 Å². The highest BCUT2D eigenvalue weighted by Crippen LogP contribution is 2.28. The highest BCUT2D eigenvalue weighted by molar-refractivity contribution is 9.10. The molecule has 0 atom stereocenters. The summed E-state index contributed by atoms with van der Waals surface area (Å²) in [5, 5.41) is 4.37. The van der Waals surface area contributed by atoms with Gasteiger partial charge < -0.3 is 15.8 Å². The number of nitrogens with zero attached hydrogens (tertiary/aromatic N) is 1. The Hall–Kier alpha value is -1.33. The zero-order valence-corrected chi connectivity index (χ0v) is 12.5. The quantitative estimate of drug-likeness (QED) is 0.631. The smallest absolute Gasteiger partial charge is 0.0954 e. The number of halogens is 1. The van der Waals surface area contributed by atoms with Crippen LogP contribution in [0.15, 0.2) is 28.9 Å². The molecular weight excluding hydrogens is 306 g/mol. The maximum atomic E-state index is 5.98. The number of rotatable bonds is 6. The van der Waals surface area contributed by atoms with Gasteiger partial charge >= 0.3 is 0 Å². The van der Waals surface area contributed by atoms with Gasteiger partial charge in [-0.15, -0.1) is 0 Å². The number of hydrogen-bond donors (Lipinski definition) is 2. The number of unbranched alkanes of at least 4 members (excludes halogenated alkanes) is 1. The van der Waals surface area contributed by atoms with Crippen molar-refractivity contribution >= 4 is 38.2 Å². The highest BCUT2D eigenvalue weighted by atomic mass is 79.9. The van der Waals surface area contributed by atoms with E-state index in [4.69, 9.17) is 10.5 Å². The van der Waals surface area contributed by atoms with Crippen LogP contribution in [0.25, 0.3) is 10.9 Å². The Morgan fingerprint density at radius 2 is 2.21 bits per heavy atom. The minimum atomic E-state index is 0.744. The molecule has 102 valence electrons. The molecule has 0 bridgehead atoms. The maximum Gasteiger partial charge on any atom is 0.0954 e.